The predicted octanol–water partition coefficient (Wildman–Crippen LogP) is 2.63. The van der Waals surface area contributed by atoms with Crippen LogP contribution in [0.2, 0.25) is 0 Å². The second-order valence-corrected chi connectivity index (χ2v) is 6.56. The molecule has 1 amide bonds. The Morgan fingerprint density at radius 1 is 0.969 bits per heavy atom. The molecule has 0 spiro atoms. The van der Waals surface area contributed by atoms with Crippen LogP contribution in [0.25, 0.3) is 11.3 Å². The van der Waals surface area contributed by atoms with Crippen molar-refractivity contribution in [1.29, 1.82) is 0 Å². The normalized spacial score (nSPS) is 10.4. The maximum Gasteiger partial charge on any atom is 0.337 e. The third kappa shape index (κ3) is 4.67. The number of methoxy groups -OCH3 is 1. The number of carbonyl (C=O) groups is 2. The van der Waals surface area contributed by atoms with Crippen LogP contribution in [0, 0.1) is 0 Å². The van der Waals surface area contributed by atoms with E-state index in [-0.39, 0.29) is 11.9 Å². The first kappa shape index (κ1) is 20.5. The summed E-state index contributed by atoms with van der Waals surface area (Å²) >= 11 is 0. The molecule has 0 aliphatic heterocycles. The van der Waals surface area contributed by atoms with Gasteiger partial charge in [-0.15, -0.1) is 0 Å². The van der Waals surface area contributed by atoms with Crippen LogP contribution < -0.4 is 16.4 Å². The Morgan fingerprint density at radius 3 is 2.44 bits per heavy atom. The highest BCUT2D eigenvalue weighted by Gasteiger charge is 2.09. The number of hydrogen-bond acceptors (Lipinski definition) is 9. The van der Waals surface area contributed by atoms with Crippen LogP contribution in [0.5, 0.6) is 0 Å². The molecule has 0 atom stereocenters. The van der Waals surface area contributed by atoms with E-state index < -0.39 is 11.9 Å². The van der Waals surface area contributed by atoms with Crippen LogP contribution in [0.1, 0.15) is 20.7 Å². The zero-order valence-electron chi connectivity index (χ0n) is 16.9. The summed E-state index contributed by atoms with van der Waals surface area (Å²) in [5, 5.41) is 13.1. The predicted molar refractivity (Wildman–Crippen MR) is 117 cm³/mol. The molecule has 11 nitrogen and oxygen atoms in total. The molecule has 0 unspecified atom stereocenters. The number of esters is 1. The highest BCUT2D eigenvalue weighted by Crippen LogP contribution is 2.22. The third-order valence-corrected chi connectivity index (χ3v) is 4.41. The van der Waals surface area contributed by atoms with E-state index in [0.29, 0.717) is 22.6 Å². The van der Waals surface area contributed by atoms with Gasteiger partial charge in [0.2, 0.25) is 17.8 Å². The van der Waals surface area contributed by atoms with Crippen LogP contribution in [0.3, 0.4) is 0 Å². The van der Waals surface area contributed by atoms with E-state index in [9.17, 15) is 9.59 Å². The van der Waals surface area contributed by atoms with Crippen LogP contribution in [-0.4, -0.2) is 44.1 Å². The van der Waals surface area contributed by atoms with Crippen molar-refractivity contribution < 1.29 is 14.3 Å². The van der Waals surface area contributed by atoms with Gasteiger partial charge < -0.3 is 21.1 Å². The van der Waals surface area contributed by atoms with Gasteiger partial charge in [0.1, 0.15) is 6.33 Å². The number of nitrogens with two attached hydrogens (primary N) is 1. The average molecular weight is 430 g/mol. The summed E-state index contributed by atoms with van der Waals surface area (Å²) in [5.41, 5.74) is 8.32. The zero-order chi connectivity index (χ0) is 22.5. The summed E-state index contributed by atoms with van der Waals surface area (Å²) in [6.45, 7) is 0. The Bertz CT molecular complexity index is 1270. The number of hydrogen-bond donors (Lipinski definition) is 4. The monoisotopic (exact) mass is 430 g/mol. The lowest BCUT2D eigenvalue weighted by Crippen LogP contribution is -2.11. The summed E-state index contributed by atoms with van der Waals surface area (Å²) in [6.07, 6.45) is 1.34. The molecule has 32 heavy (non-hydrogen) atoms. The second-order valence-electron chi connectivity index (χ2n) is 6.56. The van der Waals surface area contributed by atoms with E-state index in [1.807, 2.05) is 0 Å². The molecule has 0 saturated carbocycles. The third-order valence-electron chi connectivity index (χ3n) is 4.41. The molecular weight excluding hydrogens is 412 g/mol. The van der Waals surface area contributed by atoms with Gasteiger partial charge in [0.25, 0.3) is 0 Å². The fraction of sp³-hybridized carbons (Fsp3) is 0.0476. The van der Waals surface area contributed by atoms with Crippen molar-refractivity contribution in [2.45, 2.75) is 0 Å². The largest absolute Gasteiger partial charge is 0.465 e. The quantitative estimate of drug-likeness (QED) is 0.323. The highest BCUT2D eigenvalue weighted by molar-refractivity contribution is 5.93. The SMILES string of the molecule is COC(=O)c1ccc(-c2cc(Nc3ncnc(Nc4cccc(C(N)=O)c4)n3)n[nH]2)cc1. The van der Waals surface area contributed by atoms with E-state index in [2.05, 4.69) is 35.8 Å². The van der Waals surface area contributed by atoms with Crippen LogP contribution in [0.15, 0.2) is 60.9 Å². The smallest absolute Gasteiger partial charge is 0.337 e. The summed E-state index contributed by atoms with van der Waals surface area (Å²) in [7, 11) is 1.34. The van der Waals surface area contributed by atoms with Crippen LogP contribution in [0.4, 0.5) is 23.4 Å². The Morgan fingerprint density at radius 2 is 1.72 bits per heavy atom. The Balaban J connectivity index is 1.46. The molecule has 4 rings (SSSR count). The van der Waals surface area contributed by atoms with E-state index in [1.165, 1.54) is 13.4 Å². The Kier molecular flexibility index (Phi) is 5.70. The lowest BCUT2D eigenvalue weighted by Gasteiger charge is -2.07. The summed E-state index contributed by atoms with van der Waals surface area (Å²) in [4.78, 5) is 35.4. The minimum atomic E-state index is -0.527. The number of anilines is 4. The number of amides is 1. The van der Waals surface area contributed by atoms with E-state index in [4.69, 9.17) is 10.5 Å². The first-order chi connectivity index (χ1) is 15.5. The number of H-pyrrole nitrogens is 1. The minimum absolute atomic E-state index is 0.271. The molecule has 0 saturated heterocycles. The first-order valence-corrected chi connectivity index (χ1v) is 9.39. The number of benzene rings is 2. The van der Waals surface area contributed by atoms with Crippen molar-refractivity contribution >= 4 is 35.3 Å². The van der Waals surface area contributed by atoms with Gasteiger partial charge in [0.05, 0.1) is 18.4 Å². The molecule has 0 bridgehead atoms. The maximum absolute atomic E-state index is 11.6. The molecule has 2 aromatic carbocycles. The number of aromatic nitrogens is 5. The molecule has 4 aromatic rings. The van der Waals surface area contributed by atoms with Gasteiger partial charge in [-0.25, -0.2) is 14.8 Å². The average Bonchev–Trinajstić information content (AvgIpc) is 3.27. The number of rotatable bonds is 7. The standard InChI is InChI=1S/C21H18N8O3/c1-32-19(31)13-7-5-12(6-8-13)16-10-17(29-28-16)26-21-24-11-23-20(27-21)25-15-4-2-3-14(9-15)18(22)30/h2-11H,1H3,(H2,22,30)(H3,23,24,25,26,27,28,29). The fourth-order valence-electron chi connectivity index (χ4n) is 2.85. The fourth-order valence-corrected chi connectivity index (χ4v) is 2.85. The number of nitrogens with zero attached hydrogens (tertiary/aromatic N) is 4. The number of nitrogens with one attached hydrogen (secondary N) is 3. The van der Waals surface area contributed by atoms with E-state index in [0.717, 1.165) is 11.3 Å². The van der Waals surface area contributed by atoms with Gasteiger partial charge in [-0.1, -0.05) is 18.2 Å². The van der Waals surface area contributed by atoms with Gasteiger partial charge in [-0.05, 0) is 35.9 Å². The molecule has 0 aliphatic rings. The molecule has 0 aliphatic carbocycles. The summed E-state index contributed by atoms with van der Waals surface area (Å²) in [5.74, 6) is 0.112. The topological polar surface area (TPSA) is 161 Å². The first-order valence-electron chi connectivity index (χ1n) is 9.39. The molecule has 2 aromatic heterocycles. The molecular formula is C21H18N8O3. The molecule has 160 valence electrons. The number of carbonyl (C=O) groups excluding carboxylic acids is 2. The van der Waals surface area contributed by atoms with Gasteiger partial charge >= 0.3 is 5.97 Å². The zero-order valence-corrected chi connectivity index (χ0v) is 16.9. The van der Waals surface area contributed by atoms with E-state index >= 15 is 0 Å². The lowest BCUT2D eigenvalue weighted by molar-refractivity contribution is 0.0600. The maximum atomic E-state index is 11.6. The van der Waals surface area contributed by atoms with Gasteiger partial charge in [0.15, 0.2) is 5.82 Å². The number of primary amides is 1. The Hall–Kier alpha value is -4.80. The Labute approximate surface area is 182 Å². The van der Waals surface area contributed by atoms with Gasteiger partial charge in [-0.2, -0.15) is 10.1 Å². The lowest BCUT2D eigenvalue weighted by atomic mass is 10.1. The summed E-state index contributed by atoms with van der Waals surface area (Å²) in [6, 6.07) is 15.4. The molecule has 2 heterocycles. The van der Waals surface area contributed by atoms with Gasteiger partial charge in [0, 0.05) is 17.3 Å². The van der Waals surface area contributed by atoms with Crippen molar-refractivity contribution in [3.05, 3.63) is 72.1 Å². The van der Waals surface area contributed by atoms with Crippen LogP contribution >= 0.6 is 0 Å². The second kappa shape index (κ2) is 8.92. The van der Waals surface area contributed by atoms with Crippen molar-refractivity contribution in [3.63, 3.8) is 0 Å². The highest BCUT2D eigenvalue weighted by atomic mass is 16.5. The molecule has 0 fully saturated rings. The van der Waals surface area contributed by atoms with Crippen molar-refractivity contribution in [1.82, 2.24) is 25.1 Å². The van der Waals surface area contributed by atoms with E-state index in [1.54, 1.807) is 54.6 Å². The number of aromatic amines is 1. The van der Waals surface area contributed by atoms with Crippen LogP contribution in [-0.2, 0) is 4.74 Å². The van der Waals surface area contributed by atoms with Crippen molar-refractivity contribution in [2.24, 2.45) is 5.73 Å². The van der Waals surface area contributed by atoms with Crippen molar-refractivity contribution in [2.75, 3.05) is 17.7 Å². The molecule has 5 N–H and O–H groups in total. The number of ether oxygens (including phenoxy) is 1. The molecule has 0 radical (unpaired) electrons. The molecule has 11 heteroatoms. The van der Waals surface area contributed by atoms with Crippen molar-refractivity contribution in [3.8, 4) is 11.3 Å². The minimum Gasteiger partial charge on any atom is -0.465 e. The summed E-state index contributed by atoms with van der Waals surface area (Å²) < 4.78 is 4.70. The van der Waals surface area contributed by atoms with Gasteiger partial charge in [-0.3, -0.25) is 9.89 Å².